The number of carbonyl (C=O) groups is 1. The van der Waals surface area contributed by atoms with Crippen LogP contribution in [-0.4, -0.2) is 24.0 Å². The number of hydrogen-bond donors (Lipinski definition) is 2. The zero-order valence-corrected chi connectivity index (χ0v) is 12.1. The molecular formula is C16H20F2N2O. The summed E-state index contributed by atoms with van der Waals surface area (Å²) in [5.74, 6) is -2.21. The summed E-state index contributed by atoms with van der Waals surface area (Å²) in [6, 6.07) is 2.47. The van der Waals surface area contributed by atoms with Crippen molar-refractivity contribution in [2.75, 3.05) is 6.54 Å². The van der Waals surface area contributed by atoms with Gasteiger partial charge in [-0.2, -0.15) is 0 Å². The number of hydrogen-bond acceptors (Lipinski definition) is 2. The van der Waals surface area contributed by atoms with E-state index in [0.29, 0.717) is 0 Å². The van der Waals surface area contributed by atoms with Crippen molar-refractivity contribution in [3.63, 3.8) is 0 Å². The van der Waals surface area contributed by atoms with Gasteiger partial charge in [-0.25, -0.2) is 8.78 Å². The molecule has 2 fully saturated rings. The Labute approximate surface area is 123 Å². The van der Waals surface area contributed by atoms with Crippen LogP contribution < -0.4 is 10.6 Å². The number of piperidine rings is 1. The van der Waals surface area contributed by atoms with Crippen molar-refractivity contribution in [3.05, 3.63) is 34.9 Å². The molecule has 1 aromatic carbocycles. The summed E-state index contributed by atoms with van der Waals surface area (Å²) in [5, 5.41) is 6.32. The van der Waals surface area contributed by atoms with Crippen LogP contribution >= 0.6 is 0 Å². The summed E-state index contributed by atoms with van der Waals surface area (Å²) in [7, 11) is 0. The number of aryl methyl sites for hydroxylation is 1. The lowest BCUT2D eigenvalue weighted by Gasteiger charge is -2.48. The monoisotopic (exact) mass is 294 g/mol. The average molecular weight is 294 g/mol. The summed E-state index contributed by atoms with van der Waals surface area (Å²) in [5.41, 5.74) is -0.0431. The number of halogens is 2. The maximum absolute atomic E-state index is 14.0. The molecule has 1 unspecified atom stereocenters. The van der Waals surface area contributed by atoms with E-state index < -0.39 is 23.1 Å². The molecule has 1 aromatic rings. The molecule has 1 heterocycles. The first-order chi connectivity index (χ1) is 10.0. The maximum atomic E-state index is 14.0. The summed E-state index contributed by atoms with van der Waals surface area (Å²) in [6.07, 6.45) is 5.07. The van der Waals surface area contributed by atoms with Gasteiger partial charge in [0.1, 0.15) is 17.2 Å². The van der Waals surface area contributed by atoms with Gasteiger partial charge < -0.3 is 10.6 Å². The first-order valence-corrected chi connectivity index (χ1v) is 7.51. The second-order valence-electron chi connectivity index (χ2n) is 6.28. The van der Waals surface area contributed by atoms with Crippen molar-refractivity contribution in [1.29, 1.82) is 0 Å². The predicted molar refractivity (Wildman–Crippen MR) is 76.2 cm³/mol. The van der Waals surface area contributed by atoms with Crippen molar-refractivity contribution >= 4 is 5.91 Å². The van der Waals surface area contributed by atoms with E-state index in [4.69, 9.17) is 0 Å². The number of nitrogens with one attached hydrogen (secondary N) is 2. The highest BCUT2D eigenvalue weighted by molar-refractivity contribution is 5.95. The van der Waals surface area contributed by atoms with Gasteiger partial charge in [-0.05, 0) is 57.2 Å². The van der Waals surface area contributed by atoms with Gasteiger partial charge in [-0.1, -0.05) is 6.07 Å². The van der Waals surface area contributed by atoms with Gasteiger partial charge in [0.2, 0.25) is 0 Å². The molecule has 1 aliphatic carbocycles. The lowest BCUT2D eigenvalue weighted by molar-refractivity contribution is 0.0845. The quantitative estimate of drug-likeness (QED) is 0.880. The molecule has 1 atom stereocenters. The van der Waals surface area contributed by atoms with E-state index >= 15 is 0 Å². The minimum atomic E-state index is -0.803. The fourth-order valence-corrected chi connectivity index (χ4v) is 3.39. The fraction of sp³-hybridized carbons (Fsp3) is 0.562. The van der Waals surface area contributed by atoms with Crippen molar-refractivity contribution in [2.45, 2.75) is 50.6 Å². The van der Waals surface area contributed by atoms with Crippen LogP contribution in [0.25, 0.3) is 0 Å². The molecule has 3 nitrogen and oxygen atoms in total. The molecule has 0 radical (unpaired) electrons. The third-order valence-electron chi connectivity index (χ3n) is 4.79. The summed E-state index contributed by atoms with van der Waals surface area (Å²) >= 11 is 0. The molecule has 3 rings (SSSR count). The van der Waals surface area contributed by atoms with Gasteiger partial charge in [-0.15, -0.1) is 0 Å². The lowest BCUT2D eigenvalue weighted by atomic mass is 9.70. The van der Waals surface area contributed by atoms with Gasteiger partial charge in [0.05, 0.1) is 0 Å². The first kappa shape index (κ1) is 14.4. The SMILES string of the molecule is Cc1ccc(F)c(C(=O)NC2CCNC3(CCC3)C2)c1F. The Morgan fingerprint density at radius 2 is 2.14 bits per heavy atom. The minimum absolute atomic E-state index is 0.0154. The van der Waals surface area contributed by atoms with Gasteiger partial charge in [0, 0.05) is 11.6 Å². The summed E-state index contributed by atoms with van der Waals surface area (Å²) in [4.78, 5) is 12.2. The van der Waals surface area contributed by atoms with Crippen molar-refractivity contribution < 1.29 is 13.6 Å². The standard InChI is InChI=1S/C16H20F2N2O/c1-10-3-4-12(17)13(14(10)18)15(21)20-11-5-8-19-16(9-11)6-2-7-16/h3-4,11,19H,2,5-9H2,1H3,(H,20,21). The van der Waals surface area contributed by atoms with Gasteiger partial charge in [0.15, 0.2) is 0 Å². The second kappa shape index (κ2) is 5.37. The van der Waals surface area contributed by atoms with E-state index in [1.807, 2.05) is 0 Å². The Morgan fingerprint density at radius 1 is 1.38 bits per heavy atom. The van der Waals surface area contributed by atoms with Crippen LogP contribution in [0.4, 0.5) is 8.78 Å². The molecule has 1 saturated carbocycles. The van der Waals surface area contributed by atoms with Gasteiger partial charge >= 0.3 is 0 Å². The second-order valence-corrected chi connectivity index (χ2v) is 6.28. The van der Waals surface area contributed by atoms with Crippen LogP contribution in [0, 0.1) is 18.6 Å². The van der Waals surface area contributed by atoms with Crippen molar-refractivity contribution in [3.8, 4) is 0 Å². The minimum Gasteiger partial charge on any atom is -0.349 e. The Hall–Kier alpha value is -1.49. The molecule has 0 bridgehead atoms. The highest BCUT2D eigenvalue weighted by Gasteiger charge is 2.41. The zero-order chi connectivity index (χ0) is 15.0. The smallest absolute Gasteiger partial charge is 0.257 e. The highest BCUT2D eigenvalue weighted by atomic mass is 19.1. The molecule has 1 saturated heterocycles. The topological polar surface area (TPSA) is 41.1 Å². The van der Waals surface area contributed by atoms with Crippen molar-refractivity contribution in [1.82, 2.24) is 10.6 Å². The normalized spacial score (nSPS) is 23.7. The van der Waals surface area contributed by atoms with E-state index in [2.05, 4.69) is 10.6 Å². The summed E-state index contributed by atoms with van der Waals surface area (Å²) in [6.45, 7) is 2.36. The molecular weight excluding hydrogens is 274 g/mol. The van der Waals surface area contributed by atoms with Crippen molar-refractivity contribution in [2.24, 2.45) is 0 Å². The first-order valence-electron chi connectivity index (χ1n) is 7.51. The average Bonchev–Trinajstić information content (AvgIpc) is 2.42. The Bertz CT molecular complexity index is 570. The fourth-order valence-electron chi connectivity index (χ4n) is 3.39. The van der Waals surface area contributed by atoms with Crippen LogP contribution in [0.3, 0.4) is 0 Å². The Morgan fingerprint density at radius 3 is 2.81 bits per heavy atom. The number of carbonyl (C=O) groups excluding carboxylic acids is 1. The molecule has 1 amide bonds. The van der Waals surface area contributed by atoms with Crippen LogP contribution in [-0.2, 0) is 0 Å². The highest BCUT2D eigenvalue weighted by Crippen LogP contribution is 2.38. The molecule has 2 aliphatic rings. The third-order valence-corrected chi connectivity index (χ3v) is 4.79. The van der Waals surface area contributed by atoms with E-state index in [9.17, 15) is 13.6 Å². The van der Waals surface area contributed by atoms with Crippen LogP contribution in [0.15, 0.2) is 12.1 Å². The van der Waals surface area contributed by atoms with Crippen LogP contribution in [0.1, 0.15) is 48.0 Å². The van der Waals surface area contributed by atoms with Gasteiger partial charge in [0.25, 0.3) is 5.91 Å². The van der Waals surface area contributed by atoms with Crippen LogP contribution in [0.5, 0.6) is 0 Å². The van der Waals surface area contributed by atoms with E-state index in [1.165, 1.54) is 19.4 Å². The predicted octanol–water partition coefficient (Wildman–Crippen LogP) is 2.68. The molecule has 0 aromatic heterocycles. The largest absolute Gasteiger partial charge is 0.349 e. The molecule has 21 heavy (non-hydrogen) atoms. The Balaban J connectivity index is 1.73. The van der Waals surface area contributed by atoms with Gasteiger partial charge in [-0.3, -0.25) is 4.79 Å². The number of benzene rings is 1. The van der Waals surface area contributed by atoms with E-state index in [0.717, 1.165) is 38.3 Å². The lowest BCUT2D eigenvalue weighted by Crippen LogP contribution is -2.59. The Kier molecular flexibility index (Phi) is 3.69. The third kappa shape index (κ3) is 2.67. The molecule has 2 N–H and O–H groups in total. The molecule has 1 aliphatic heterocycles. The zero-order valence-electron chi connectivity index (χ0n) is 12.1. The van der Waals surface area contributed by atoms with E-state index in [-0.39, 0.29) is 17.1 Å². The molecule has 1 spiro atoms. The van der Waals surface area contributed by atoms with Crippen LogP contribution in [0.2, 0.25) is 0 Å². The number of amides is 1. The molecule has 5 heteroatoms. The number of rotatable bonds is 2. The summed E-state index contributed by atoms with van der Waals surface area (Å²) < 4.78 is 27.7. The molecule has 114 valence electrons. The van der Waals surface area contributed by atoms with E-state index in [1.54, 1.807) is 0 Å². The maximum Gasteiger partial charge on any atom is 0.257 e.